The van der Waals surface area contributed by atoms with Gasteiger partial charge in [-0.1, -0.05) is 19.1 Å². The van der Waals surface area contributed by atoms with Gasteiger partial charge in [0.05, 0.1) is 0 Å². The first-order valence-electron chi connectivity index (χ1n) is 5.41. The van der Waals surface area contributed by atoms with Gasteiger partial charge in [-0.25, -0.2) is 8.78 Å². The van der Waals surface area contributed by atoms with Crippen LogP contribution in [0.5, 0.6) is 0 Å². The molecule has 0 bridgehead atoms. The fourth-order valence-electron chi connectivity index (χ4n) is 1.52. The summed E-state index contributed by atoms with van der Waals surface area (Å²) in [5.41, 5.74) is 0.355. The average molecular weight is 248 g/mol. The van der Waals surface area contributed by atoms with Crippen LogP contribution in [0.3, 0.4) is 0 Å². The highest BCUT2D eigenvalue weighted by Crippen LogP contribution is 2.11. The molecule has 1 nitrogen and oxygen atoms in total. The van der Waals surface area contributed by atoms with Crippen LogP contribution in [0.2, 0.25) is 0 Å². The van der Waals surface area contributed by atoms with E-state index in [-0.39, 0.29) is 6.04 Å². The van der Waals surface area contributed by atoms with Crippen LogP contribution in [0.15, 0.2) is 18.2 Å². The summed E-state index contributed by atoms with van der Waals surface area (Å²) in [5.74, 6) is -1.00. The zero-order chi connectivity index (χ0) is 12.0. The van der Waals surface area contributed by atoms with E-state index >= 15 is 0 Å². The van der Waals surface area contributed by atoms with Crippen molar-refractivity contribution in [3.05, 3.63) is 35.4 Å². The van der Waals surface area contributed by atoms with Crippen molar-refractivity contribution in [2.75, 3.05) is 5.88 Å². The summed E-state index contributed by atoms with van der Waals surface area (Å²) in [5, 5.41) is 3.16. The Kier molecular flexibility index (Phi) is 5.71. The highest BCUT2D eigenvalue weighted by atomic mass is 35.5. The van der Waals surface area contributed by atoms with Crippen molar-refractivity contribution < 1.29 is 8.78 Å². The molecule has 0 amide bonds. The van der Waals surface area contributed by atoms with Crippen molar-refractivity contribution in [3.63, 3.8) is 0 Å². The van der Waals surface area contributed by atoms with E-state index in [1.165, 1.54) is 6.07 Å². The van der Waals surface area contributed by atoms with Crippen LogP contribution in [0.25, 0.3) is 0 Å². The van der Waals surface area contributed by atoms with E-state index in [2.05, 4.69) is 5.32 Å². The first kappa shape index (κ1) is 13.4. The maximum Gasteiger partial charge on any atom is 0.163 e. The molecule has 0 heterocycles. The van der Waals surface area contributed by atoms with Crippen LogP contribution in [-0.4, -0.2) is 11.9 Å². The third-order valence-electron chi connectivity index (χ3n) is 2.56. The Morgan fingerprint density at radius 2 is 2.12 bits per heavy atom. The standard InChI is InChI=1S/C12H16ClF2N/c1-2-10(6-7-13)16-8-9-4-3-5-11(14)12(9)15/h3-5,10,16H,2,6-8H2,1H3. The molecule has 90 valence electrons. The van der Waals surface area contributed by atoms with Crippen LogP contribution in [-0.2, 0) is 6.54 Å². The largest absolute Gasteiger partial charge is 0.310 e. The van der Waals surface area contributed by atoms with E-state index in [0.29, 0.717) is 18.0 Å². The monoisotopic (exact) mass is 247 g/mol. The van der Waals surface area contributed by atoms with Crippen molar-refractivity contribution in [1.29, 1.82) is 0 Å². The van der Waals surface area contributed by atoms with E-state index in [0.717, 1.165) is 18.9 Å². The molecule has 0 fully saturated rings. The summed E-state index contributed by atoms with van der Waals surface area (Å²) in [4.78, 5) is 0. The van der Waals surface area contributed by atoms with Crippen LogP contribution < -0.4 is 5.32 Å². The highest BCUT2D eigenvalue weighted by Gasteiger charge is 2.09. The van der Waals surface area contributed by atoms with Crippen molar-refractivity contribution in [1.82, 2.24) is 5.32 Å². The number of rotatable bonds is 6. The summed E-state index contributed by atoms with van der Waals surface area (Å²) >= 11 is 5.64. The molecule has 1 atom stereocenters. The molecule has 0 saturated carbocycles. The van der Waals surface area contributed by atoms with Gasteiger partial charge in [0.15, 0.2) is 11.6 Å². The predicted molar refractivity (Wildman–Crippen MR) is 62.6 cm³/mol. The van der Waals surface area contributed by atoms with Gasteiger partial charge in [0.2, 0.25) is 0 Å². The third kappa shape index (κ3) is 3.72. The van der Waals surface area contributed by atoms with Crippen molar-refractivity contribution in [2.24, 2.45) is 0 Å². The number of hydrogen-bond acceptors (Lipinski definition) is 1. The summed E-state index contributed by atoms with van der Waals surface area (Å²) in [6.07, 6.45) is 1.75. The molecule has 1 aromatic rings. The van der Waals surface area contributed by atoms with Crippen LogP contribution >= 0.6 is 11.6 Å². The van der Waals surface area contributed by atoms with Gasteiger partial charge in [-0.3, -0.25) is 0 Å². The average Bonchev–Trinajstić information content (AvgIpc) is 2.29. The van der Waals surface area contributed by atoms with Gasteiger partial charge in [0.25, 0.3) is 0 Å². The van der Waals surface area contributed by atoms with Crippen LogP contribution in [0.1, 0.15) is 25.3 Å². The van der Waals surface area contributed by atoms with E-state index in [4.69, 9.17) is 11.6 Å². The molecule has 0 aromatic heterocycles. The lowest BCUT2D eigenvalue weighted by atomic mass is 10.1. The molecule has 4 heteroatoms. The lowest BCUT2D eigenvalue weighted by Gasteiger charge is -2.15. The van der Waals surface area contributed by atoms with E-state index in [9.17, 15) is 8.78 Å². The second-order valence-electron chi connectivity index (χ2n) is 3.68. The molecule has 0 saturated heterocycles. The highest BCUT2D eigenvalue weighted by molar-refractivity contribution is 6.17. The topological polar surface area (TPSA) is 12.0 Å². The van der Waals surface area contributed by atoms with Gasteiger partial charge in [-0.05, 0) is 18.9 Å². The smallest absolute Gasteiger partial charge is 0.163 e. The maximum absolute atomic E-state index is 13.3. The van der Waals surface area contributed by atoms with Gasteiger partial charge in [-0.2, -0.15) is 0 Å². The Bertz CT molecular complexity index is 331. The molecule has 1 N–H and O–H groups in total. The Labute approximate surface area is 99.8 Å². The van der Waals surface area contributed by atoms with Gasteiger partial charge in [0.1, 0.15) is 0 Å². The number of benzene rings is 1. The normalized spacial score (nSPS) is 12.8. The van der Waals surface area contributed by atoms with Crippen molar-refractivity contribution >= 4 is 11.6 Å². The lowest BCUT2D eigenvalue weighted by molar-refractivity contribution is 0.460. The summed E-state index contributed by atoms with van der Waals surface area (Å²) in [6, 6.07) is 4.46. The third-order valence-corrected chi connectivity index (χ3v) is 2.78. The van der Waals surface area contributed by atoms with Crippen molar-refractivity contribution in [2.45, 2.75) is 32.4 Å². The number of nitrogens with one attached hydrogen (secondary N) is 1. The molecule has 0 aliphatic heterocycles. The Morgan fingerprint density at radius 3 is 2.75 bits per heavy atom. The maximum atomic E-state index is 13.3. The molecule has 0 radical (unpaired) electrons. The van der Waals surface area contributed by atoms with E-state index in [1.54, 1.807) is 6.07 Å². The molecule has 1 unspecified atom stereocenters. The van der Waals surface area contributed by atoms with E-state index in [1.807, 2.05) is 6.92 Å². The number of alkyl halides is 1. The second-order valence-corrected chi connectivity index (χ2v) is 4.05. The molecule has 16 heavy (non-hydrogen) atoms. The zero-order valence-electron chi connectivity index (χ0n) is 9.27. The van der Waals surface area contributed by atoms with Gasteiger partial charge < -0.3 is 5.32 Å². The molecule has 0 spiro atoms. The molecule has 1 rings (SSSR count). The quantitative estimate of drug-likeness (QED) is 0.759. The Balaban J connectivity index is 2.56. The van der Waals surface area contributed by atoms with Crippen LogP contribution in [0, 0.1) is 11.6 Å². The minimum Gasteiger partial charge on any atom is -0.310 e. The second kappa shape index (κ2) is 6.81. The van der Waals surface area contributed by atoms with Gasteiger partial charge >= 0.3 is 0 Å². The molecule has 0 aliphatic rings. The Hall–Kier alpha value is -0.670. The molecule has 1 aromatic carbocycles. The van der Waals surface area contributed by atoms with Gasteiger partial charge in [-0.15, -0.1) is 11.6 Å². The minimum absolute atomic E-state index is 0.250. The molecular formula is C12H16ClF2N. The minimum atomic E-state index is -0.801. The number of hydrogen-bond donors (Lipinski definition) is 1. The first-order valence-corrected chi connectivity index (χ1v) is 5.94. The summed E-state index contributed by atoms with van der Waals surface area (Å²) in [7, 11) is 0. The zero-order valence-corrected chi connectivity index (χ0v) is 10.0. The van der Waals surface area contributed by atoms with E-state index < -0.39 is 11.6 Å². The SMILES string of the molecule is CCC(CCCl)NCc1cccc(F)c1F. The molecule has 0 aliphatic carbocycles. The summed E-state index contributed by atoms with van der Waals surface area (Å²) in [6.45, 7) is 2.37. The first-order chi connectivity index (χ1) is 7.69. The molecular weight excluding hydrogens is 232 g/mol. The fourth-order valence-corrected chi connectivity index (χ4v) is 1.78. The Morgan fingerprint density at radius 1 is 1.38 bits per heavy atom. The van der Waals surface area contributed by atoms with Gasteiger partial charge in [0, 0.05) is 24.0 Å². The predicted octanol–water partition coefficient (Wildman–Crippen LogP) is 3.46. The van der Waals surface area contributed by atoms with Crippen LogP contribution in [0.4, 0.5) is 8.78 Å². The summed E-state index contributed by atoms with van der Waals surface area (Å²) < 4.78 is 26.2. The number of halogens is 3. The van der Waals surface area contributed by atoms with Crippen molar-refractivity contribution in [3.8, 4) is 0 Å². The lowest BCUT2D eigenvalue weighted by Crippen LogP contribution is -2.28. The fraction of sp³-hybridized carbons (Fsp3) is 0.500.